The Bertz CT molecular complexity index is 304. The molecule has 0 aromatic carbocycles. The number of piperidine rings is 1. The van der Waals surface area contributed by atoms with Crippen molar-refractivity contribution in [3.8, 4) is 0 Å². The third-order valence-corrected chi connectivity index (χ3v) is 5.59. The molecule has 2 heterocycles. The van der Waals surface area contributed by atoms with Gasteiger partial charge in [0.25, 0.3) is 0 Å². The van der Waals surface area contributed by atoms with Crippen LogP contribution in [0.25, 0.3) is 0 Å². The van der Waals surface area contributed by atoms with Gasteiger partial charge in [-0.15, -0.1) is 0 Å². The van der Waals surface area contributed by atoms with Crippen molar-refractivity contribution in [1.82, 2.24) is 10.2 Å². The summed E-state index contributed by atoms with van der Waals surface area (Å²) in [4.78, 5) is 13.8. The van der Waals surface area contributed by atoms with E-state index in [9.17, 15) is 4.79 Å². The van der Waals surface area contributed by atoms with Gasteiger partial charge in [0.05, 0.1) is 0 Å². The minimum atomic E-state index is 0.403. The van der Waals surface area contributed by atoms with Crippen molar-refractivity contribution in [3.05, 3.63) is 0 Å². The highest BCUT2D eigenvalue weighted by Gasteiger charge is 2.30. The first-order chi connectivity index (χ1) is 9.33. The molecule has 0 atom stereocenters. The molecule has 1 aliphatic carbocycles. The molecule has 0 aromatic heterocycles. The highest BCUT2D eigenvalue weighted by molar-refractivity contribution is 5.78. The van der Waals surface area contributed by atoms with Gasteiger partial charge in [-0.25, -0.2) is 0 Å². The lowest BCUT2D eigenvalue weighted by molar-refractivity contribution is -0.128. The normalized spacial score (nSPS) is 33.9. The SMILES string of the molecule is O=C1CCCN1CC1CCC(C2CCNCC2)CC1. The lowest BCUT2D eigenvalue weighted by Crippen LogP contribution is -2.36. The maximum Gasteiger partial charge on any atom is 0.222 e. The van der Waals surface area contributed by atoms with Gasteiger partial charge >= 0.3 is 0 Å². The highest BCUT2D eigenvalue weighted by Crippen LogP contribution is 2.37. The van der Waals surface area contributed by atoms with E-state index in [1.165, 1.54) is 51.6 Å². The number of likely N-dealkylation sites (tertiary alicyclic amines) is 1. The minimum Gasteiger partial charge on any atom is -0.342 e. The van der Waals surface area contributed by atoms with Crippen LogP contribution in [-0.4, -0.2) is 37.0 Å². The zero-order valence-corrected chi connectivity index (χ0v) is 12.1. The number of rotatable bonds is 3. The van der Waals surface area contributed by atoms with E-state index in [1.54, 1.807) is 0 Å². The van der Waals surface area contributed by atoms with Crippen molar-refractivity contribution < 1.29 is 4.79 Å². The van der Waals surface area contributed by atoms with Crippen molar-refractivity contribution >= 4 is 5.91 Å². The molecule has 0 spiro atoms. The van der Waals surface area contributed by atoms with Crippen LogP contribution in [-0.2, 0) is 4.79 Å². The first-order valence-corrected chi connectivity index (χ1v) is 8.31. The average molecular weight is 264 g/mol. The molecule has 1 saturated carbocycles. The van der Waals surface area contributed by atoms with Gasteiger partial charge in [0, 0.05) is 19.5 Å². The Kier molecular flexibility index (Phi) is 4.42. The van der Waals surface area contributed by atoms with Gasteiger partial charge in [-0.2, -0.15) is 0 Å². The molecule has 0 bridgehead atoms. The molecule has 3 fully saturated rings. The second-order valence-electron chi connectivity index (χ2n) is 6.81. The Morgan fingerprint density at radius 1 is 1.00 bits per heavy atom. The van der Waals surface area contributed by atoms with Crippen LogP contribution in [0.5, 0.6) is 0 Å². The Labute approximate surface area is 117 Å². The molecular formula is C16H28N2O. The smallest absolute Gasteiger partial charge is 0.222 e. The van der Waals surface area contributed by atoms with Crippen LogP contribution in [0.1, 0.15) is 51.4 Å². The van der Waals surface area contributed by atoms with Crippen LogP contribution in [0.4, 0.5) is 0 Å². The van der Waals surface area contributed by atoms with Gasteiger partial charge in [0.2, 0.25) is 5.91 Å². The first-order valence-electron chi connectivity index (χ1n) is 8.31. The molecule has 0 unspecified atom stereocenters. The number of hydrogen-bond donors (Lipinski definition) is 1. The highest BCUT2D eigenvalue weighted by atomic mass is 16.2. The van der Waals surface area contributed by atoms with E-state index in [-0.39, 0.29) is 0 Å². The lowest BCUT2D eigenvalue weighted by Gasteiger charge is -2.37. The summed E-state index contributed by atoms with van der Waals surface area (Å²) >= 11 is 0. The van der Waals surface area contributed by atoms with Crippen LogP contribution < -0.4 is 5.32 Å². The summed E-state index contributed by atoms with van der Waals surface area (Å²) in [5.41, 5.74) is 0. The van der Waals surface area contributed by atoms with Gasteiger partial charge in [-0.05, 0) is 75.8 Å². The molecule has 3 nitrogen and oxygen atoms in total. The van der Waals surface area contributed by atoms with Crippen LogP contribution in [0.15, 0.2) is 0 Å². The molecule has 108 valence electrons. The van der Waals surface area contributed by atoms with Crippen LogP contribution in [0, 0.1) is 17.8 Å². The van der Waals surface area contributed by atoms with E-state index in [1.807, 2.05) is 0 Å². The summed E-state index contributed by atoms with van der Waals surface area (Å²) in [5, 5.41) is 3.47. The lowest BCUT2D eigenvalue weighted by atomic mass is 9.73. The van der Waals surface area contributed by atoms with Crippen molar-refractivity contribution in [2.45, 2.75) is 51.4 Å². The number of nitrogens with zero attached hydrogens (tertiary/aromatic N) is 1. The number of carbonyl (C=O) groups is 1. The summed E-state index contributed by atoms with van der Waals surface area (Å²) in [5.74, 6) is 3.16. The van der Waals surface area contributed by atoms with Gasteiger partial charge in [0.1, 0.15) is 0 Å². The molecule has 1 amide bonds. The van der Waals surface area contributed by atoms with Crippen molar-refractivity contribution in [3.63, 3.8) is 0 Å². The second-order valence-corrected chi connectivity index (χ2v) is 6.81. The summed E-state index contributed by atoms with van der Waals surface area (Å²) in [6.45, 7) is 4.53. The van der Waals surface area contributed by atoms with Crippen LogP contribution in [0.3, 0.4) is 0 Å². The third-order valence-electron chi connectivity index (χ3n) is 5.59. The fourth-order valence-corrected chi connectivity index (χ4v) is 4.37. The molecular weight excluding hydrogens is 236 g/mol. The topological polar surface area (TPSA) is 32.3 Å². The van der Waals surface area contributed by atoms with E-state index in [4.69, 9.17) is 0 Å². The Morgan fingerprint density at radius 3 is 2.32 bits per heavy atom. The van der Waals surface area contributed by atoms with Crippen molar-refractivity contribution in [2.75, 3.05) is 26.2 Å². The Hall–Kier alpha value is -0.570. The number of amides is 1. The predicted molar refractivity (Wildman–Crippen MR) is 76.9 cm³/mol. The Morgan fingerprint density at radius 2 is 1.68 bits per heavy atom. The van der Waals surface area contributed by atoms with Gasteiger partial charge in [-0.1, -0.05) is 0 Å². The van der Waals surface area contributed by atoms with Gasteiger partial charge in [0.15, 0.2) is 0 Å². The maximum atomic E-state index is 11.7. The second kappa shape index (κ2) is 6.25. The summed E-state index contributed by atoms with van der Waals surface area (Å²) < 4.78 is 0. The van der Waals surface area contributed by atoms with E-state index >= 15 is 0 Å². The maximum absolute atomic E-state index is 11.7. The van der Waals surface area contributed by atoms with E-state index in [0.717, 1.165) is 43.7 Å². The first kappa shape index (κ1) is 13.4. The monoisotopic (exact) mass is 264 g/mol. The molecule has 2 saturated heterocycles. The average Bonchev–Trinajstić information content (AvgIpc) is 2.86. The minimum absolute atomic E-state index is 0.403. The standard InChI is InChI=1S/C16H28N2O/c19-16-2-1-11-18(16)12-13-3-5-14(6-4-13)15-7-9-17-10-8-15/h13-15,17H,1-12H2. The van der Waals surface area contributed by atoms with E-state index in [2.05, 4.69) is 10.2 Å². The summed E-state index contributed by atoms with van der Waals surface area (Å²) in [6, 6.07) is 0. The zero-order chi connectivity index (χ0) is 13.1. The third kappa shape index (κ3) is 3.31. The molecule has 3 rings (SSSR count). The van der Waals surface area contributed by atoms with Gasteiger partial charge in [-0.3, -0.25) is 4.79 Å². The molecule has 3 heteroatoms. The molecule has 0 aromatic rings. The van der Waals surface area contributed by atoms with Crippen LogP contribution >= 0.6 is 0 Å². The Balaban J connectivity index is 1.42. The fourth-order valence-electron chi connectivity index (χ4n) is 4.37. The van der Waals surface area contributed by atoms with E-state index in [0.29, 0.717) is 5.91 Å². The summed E-state index contributed by atoms with van der Waals surface area (Å²) in [7, 11) is 0. The number of nitrogens with one attached hydrogen (secondary N) is 1. The van der Waals surface area contributed by atoms with Crippen molar-refractivity contribution in [1.29, 1.82) is 0 Å². The van der Waals surface area contributed by atoms with E-state index < -0.39 is 0 Å². The molecule has 1 N–H and O–H groups in total. The molecule has 3 aliphatic rings. The quantitative estimate of drug-likeness (QED) is 0.849. The zero-order valence-electron chi connectivity index (χ0n) is 12.1. The predicted octanol–water partition coefficient (Wildman–Crippen LogP) is 2.41. The van der Waals surface area contributed by atoms with Crippen LogP contribution in [0.2, 0.25) is 0 Å². The fraction of sp³-hybridized carbons (Fsp3) is 0.938. The van der Waals surface area contributed by atoms with Gasteiger partial charge < -0.3 is 10.2 Å². The molecule has 0 radical (unpaired) electrons. The molecule has 2 aliphatic heterocycles. The molecule has 19 heavy (non-hydrogen) atoms. The van der Waals surface area contributed by atoms with Crippen molar-refractivity contribution in [2.24, 2.45) is 17.8 Å². The summed E-state index contributed by atoms with van der Waals surface area (Å²) in [6.07, 6.45) is 10.2. The number of carbonyl (C=O) groups excluding carboxylic acids is 1. The number of hydrogen-bond acceptors (Lipinski definition) is 2. The largest absolute Gasteiger partial charge is 0.342 e.